The average molecular weight is 345 g/mol. The second kappa shape index (κ2) is 20.4. The third-order valence-electron chi connectivity index (χ3n) is 1.53. The molecule has 1 aromatic rings. The van der Waals surface area contributed by atoms with Crippen molar-refractivity contribution in [1.29, 1.82) is 0 Å². The van der Waals surface area contributed by atoms with E-state index in [-0.39, 0.29) is 26.2 Å². The molecule has 0 saturated heterocycles. The van der Waals surface area contributed by atoms with Gasteiger partial charge in [-0.3, -0.25) is 0 Å². The van der Waals surface area contributed by atoms with Gasteiger partial charge in [-0.2, -0.15) is 60.0 Å². The first-order chi connectivity index (χ1) is 8.35. The van der Waals surface area contributed by atoms with Crippen LogP contribution in [0.3, 0.4) is 0 Å². The first-order valence-corrected chi connectivity index (χ1v) is 6.01. The monoisotopic (exact) mass is 343 g/mol. The standard InChI is InChI=1S/C9H13.3C2H6N.Zr/c1-9(2,3)8-6-4-5-7-8;3*1-3-2;/h4-7H,1-3H3;3*1-2H3;/q4*-1;+4. The summed E-state index contributed by atoms with van der Waals surface area (Å²) >= 11 is 0. The van der Waals surface area contributed by atoms with Gasteiger partial charge in [-0.05, 0) is 0 Å². The fraction of sp³-hybridized carbons (Fsp3) is 0.667. The molecule has 0 aliphatic carbocycles. The quantitative estimate of drug-likeness (QED) is 0.619. The molecule has 0 unspecified atom stereocenters. The molecule has 0 amide bonds. The van der Waals surface area contributed by atoms with Crippen LogP contribution in [0.4, 0.5) is 0 Å². The Morgan fingerprint density at radius 1 is 0.684 bits per heavy atom. The molecular formula is C15H31N3Zr. The molecule has 0 N–H and O–H groups in total. The van der Waals surface area contributed by atoms with Gasteiger partial charge < -0.3 is 16.0 Å². The summed E-state index contributed by atoms with van der Waals surface area (Å²) < 4.78 is 0. The van der Waals surface area contributed by atoms with Crippen molar-refractivity contribution in [2.75, 3.05) is 42.3 Å². The molecule has 0 atom stereocenters. The van der Waals surface area contributed by atoms with E-state index in [1.807, 2.05) is 0 Å². The zero-order chi connectivity index (χ0) is 15.0. The minimum absolute atomic E-state index is 0. The van der Waals surface area contributed by atoms with E-state index < -0.39 is 0 Å². The molecule has 0 radical (unpaired) electrons. The normalized spacial score (nSPS) is 8.47. The molecule has 1 rings (SSSR count). The molecule has 0 bridgehead atoms. The average Bonchev–Trinajstić information content (AvgIpc) is 2.72. The number of nitrogens with zero attached hydrogens (tertiary/aromatic N) is 3. The second-order valence-corrected chi connectivity index (χ2v) is 4.77. The molecule has 0 aliphatic rings. The van der Waals surface area contributed by atoms with Crippen LogP contribution in [0.5, 0.6) is 0 Å². The first kappa shape index (κ1) is 27.5. The Labute approximate surface area is 140 Å². The van der Waals surface area contributed by atoms with E-state index in [0.717, 1.165) is 0 Å². The Morgan fingerprint density at radius 3 is 1.00 bits per heavy atom. The van der Waals surface area contributed by atoms with Crippen LogP contribution < -0.4 is 0 Å². The number of hydrogen-bond acceptors (Lipinski definition) is 0. The minimum Gasteiger partial charge on any atom is -0.668 e. The molecule has 0 spiro atoms. The van der Waals surface area contributed by atoms with Crippen molar-refractivity contribution in [1.82, 2.24) is 0 Å². The van der Waals surface area contributed by atoms with Crippen LogP contribution in [-0.2, 0) is 31.6 Å². The Kier molecular flexibility index (Phi) is 29.5. The van der Waals surface area contributed by atoms with E-state index in [1.54, 1.807) is 42.3 Å². The number of hydrogen-bond donors (Lipinski definition) is 0. The maximum atomic E-state index is 3.50. The largest absolute Gasteiger partial charge is 4.00 e. The van der Waals surface area contributed by atoms with Crippen molar-refractivity contribution < 1.29 is 26.2 Å². The molecule has 110 valence electrons. The molecule has 3 nitrogen and oxygen atoms in total. The third kappa shape index (κ3) is 27.3. The minimum atomic E-state index is 0. The summed E-state index contributed by atoms with van der Waals surface area (Å²) in [6.07, 6.45) is 0. The Bertz CT molecular complexity index is 211. The molecule has 1 aromatic carbocycles. The summed E-state index contributed by atoms with van der Waals surface area (Å²) in [7, 11) is 10.5. The smallest absolute Gasteiger partial charge is 0.668 e. The maximum Gasteiger partial charge on any atom is 4.00 e. The molecule has 0 heterocycles. The van der Waals surface area contributed by atoms with Crippen molar-refractivity contribution >= 4 is 0 Å². The molecule has 0 fully saturated rings. The van der Waals surface area contributed by atoms with Gasteiger partial charge in [0, 0.05) is 0 Å². The SMILES string of the molecule is CC(C)(C)[c-]1cccc1.C[N-]C.C[N-]C.C[N-]C.[Zr+4]. The van der Waals surface area contributed by atoms with Gasteiger partial charge in [0.2, 0.25) is 0 Å². The summed E-state index contributed by atoms with van der Waals surface area (Å²) in [5, 5.41) is 10.5. The van der Waals surface area contributed by atoms with Gasteiger partial charge in [-0.15, -0.1) is 0 Å². The van der Waals surface area contributed by atoms with Gasteiger partial charge in [-0.25, -0.2) is 12.1 Å². The molecule has 0 saturated carbocycles. The van der Waals surface area contributed by atoms with Crippen LogP contribution in [0.2, 0.25) is 0 Å². The van der Waals surface area contributed by atoms with Crippen LogP contribution in [0, 0.1) is 0 Å². The van der Waals surface area contributed by atoms with E-state index in [9.17, 15) is 0 Å². The molecule has 4 heteroatoms. The van der Waals surface area contributed by atoms with Gasteiger partial charge >= 0.3 is 26.2 Å². The number of rotatable bonds is 0. The maximum absolute atomic E-state index is 3.50. The predicted octanol–water partition coefficient (Wildman–Crippen LogP) is 4.56. The van der Waals surface area contributed by atoms with Crippen molar-refractivity contribution in [2.45, 2.75) is 26.2 Å². The Morgan fingerprint density at radius 2 is 0.895 bits per heavy atom. The summed E-state index contributed by atoms with van der Waals surface area (Å²) in [4.78, 5) is 0. The van der Waals surface area contributed by atoms with Crippen LogP contribution in [0.1, 0.15) is 26.3 Å². The summed E-state index contributed by atoms with van der Waals surface area (Å²) in [5.74, 6) is 0. The molecule has 0 aliphatic heterocycles. The van der Waals surface area contributed by atoms with E-state index in [0.29, 0.717) is 5.41 Å². The molecular weight excluding hydrogens is 313 g/mol. The second-order valence-electron chi connectivity index (χ2n) is 4.77. The summed E-state index contributed by atoms with van der Waals surface area (Å²) in [5.41, 5.74) is 1.74. The van der Waals surface area contributed by atoms with Crippen LogP contribution in [0.25, 0.3) is 16.0 Å². The van der Waals surface area contributed by atoms with Gasteiger partial charge in [0.05, 0.1) is 0 Å². The van der Waals surface area contributed by atoms with E-state index in [1.165, 1.54) is 5.56 Å². The topological polar surface area (TPSA) is 42.3 Å². The van der Waals surface area contributed by atoms with Crippen molar-refractivity contribution in [3.8, 4) is 0 Å². The predicted molar refractivity (Wildman–Crippen MR) is 86.4 cm³/mol. The Balaban J connectivity index is -0.0000000956. The van der Waals surface area contributed by atoms with E-state index in [2.05, 4.69) is 61.0 Å². The van der Waals surface area contributed by atoms with Gasteiger partial charge in [0.25, 0.3) is 0 Å². The van der Waals surface area contributed by atoms with Crippen LogP contribution in [-0.4, -0.2) is 42.3 Å². The Hall–Kier alpha value is 0.113. The van der Waals surface area contributed by atoms with Crippen LogP contribution >= 0.6 is 0 Å². The van der Waals surface area contributed by atoms with E-state index in [4.69, 9.17) is 0 Å². The zero-order valence-electron chi connectivity index (χ0n) is 14.2. The third-order valence-corrected chi connectivity index (χ3v) is 1.53. The van der Waals surface area contributed by atoms with Crippen LogP contribution in [0.15, 0.2) is 24.3 Å². The molecule has 19 heavy (non-hydrogen) atoms. The van der Waals surface area contributed by atoms with Crippen molar-refractivity contribution in [3.63, 3.8) is 0 Å². The van der Waals surface area contributed by atoms with Gasteiger partial charge in [-0.1, -0.05) is 26.2 Å². The summed E-state index contributed by atoms with van der Waals surface area (Å²) in [6, 6.07) is 8.50. The fourth-order valence-electron chi connectivity index (χ4n) is 0.874. The van der Waals surface area contributed by atoms with Crippen molar-refractivity contribution in [2.24, 2.45) is 0 Å². The molecule has 0 aromatic heterocycles. The zero-order valence-corrected chi connectivity index (χ0v) is 16.6. The van der Waals surface area contributed by atoms with Crippen molar-refractivity contribution in [3.05, 3.63) is 45.8 Å². The van der Waals surface area contributed by atoms with Gasteiger partial charge in [0.15, 0.2) is 0 Å². The van der Waals surface area contributed by atoms with Gasteiger partial charge in [0.1, 0.15) is 0 Å². The fourth-order valence-corrected chi connectivity index (χ4v) is 0.874. The van der Waals surface area contributed by atoms with E-state index >= 15 is 0 Å². The first-order valence-electron chi connectivity index (χ1n) is 6.01. The summed E-state index contributed by atoms with van der Waals surface area (Å²) in [6.45, 7) is 6.67.